The standard InChI is InChI=1S/C24H30N4/c1-2-19-15-23(27-24(22(19)16-25)26-21-7-3-4-8-21)20-11-9-18(10-12-20)17-28-13-5-6-14-28/h2,9-12,15-16,21,25H,1,3-8,13-14,17H2,(H,26,27). The maximum absolute atomic E-state index is 7.86. The SMILES string of the molecule is C=Cc1cc(-c2ccc(CN3CCCC3)cc2)nc(NC2CCCC2)c1C=N. The van der Waals surface area contributed by atoms with Crippen molar-refractivity contribution in [3.63, 3.8) is 0 Å². The molecule has 2 aliphatic rings. The van der Waals surface area contributed by atoms with Crippen LogP contribution in [-0.4, -0.2) is 35.2 Å². The quantitative estimate of drug-likeness (QED) is 0.643. The first-order valence-electron chi connectivity index (χ1n) is 10.5. The summed E-state index contributed by atoms with van der Waals surface area (Å²) in [4.78, 5) is 7.42. The number of hydrogen-bond acceptors (Lipinski definition) is 4. The summed E-state index contributed by atoms with van der Waals surface area (Å²) in [5.41, 5.74) is 5.20. The van der Waals surface area contributed by atoms with Crippen LogP contribution in [0.15, 0.2) is 36.9 Å². The van der Waals surface area contributed by atoms with Gasteiger partial charge in [-0.25, -0.2) is 4.98 Å². The topological polar surface area (TPSA) is 52.0 Å². The highest BCUT2D eigenvalue weighted by Gasteiger charge is 2.18. The molecule has 1 aliphatic heterocycles. The van der Waals surface area contributed by atoms with E-state index in [9.17, 15) is 0 Å². The highest BCUT2D eigenvalue weighted by Crippen LogP contribution is 2.29. The summed E-state index contributed by atoms with van der Waals surface area (Å²) >= 11 is 0. The summed E-state index contributed by atoms with van der Waals surface area (Å²) in [7, 11) is 0. The van der Waals surface area contributed by atoms with Gasteiger partial charge >= 0.3 is 0 Å². The van der Waals surface area contributed by atoms with Crippen molar-refractivity contribution in [3.05, 3.63) is 53.6 Å². The lowest BCUT2D eigenvalue weighted by atomic mass is 10.0. The van der Waals surface area contributed by atoms with Gasteiger partial charge in [-0.3, -0.25) is 4.90 Å². The normalized spacial score (nSPS) is 17.7. The first-order valence-corrected chi connectivity index (χ1v) is 10.5. The zero-order valence-corrected chi connectivity index (χ0v) is 16.6. The van der Waals surface area contributed by atoms with Gasteiger partial charge in [0.15, 0.2) is 0 Å². The molecule has 2 fully saturated rings. The summed E-state index contributed by atoms with van der Waals surface area (Å²) in [6.07, 6.45) is 10.8. The molecule has 0 unspecified atom stereocenters. The first kappa shape index (κ1) is 18.9. The second kappa shape index (κ2) is 8.70. The summed E-state index contributed by atoms with van der Waals surface area (Å²) in [6.45, 7) is 7.42. The van der Waals surface area contributed by atoms with E-state index in [0.29, 0.717) is 6.04 Å². The van der Waals surface area contributed by atoms with Gasteiger partial charge in [-0.1, -0.05) is 49.8 Å². The molecule has 1 aliphatic carbocycles. The van der Waals surface area contributed by atoms with Crippen molar-refractivity contribution in [2.45, 2.75) is 51.1 Å². The zero-order chi connectivity index (χ0) is 19.3. The van der Waals surface area contributed by atoms with Crippen LogP contribution in [0.1, 0.15) is 55.2 Å². The van der Waals surface area contributed by atoms with E-state index in [1.165, 1.54) is 63.4 Å². The van der Waals surface area contributed by atoms with Gasteiger partial charge in [0.1, 0.15) is 5.82 Å². The number of likely N-dealkylation sites (tertiary alicyclic amines) is 1. The molecule has 2 N–H and O–H groups in total. The van der Waals surface area contributed by atoms with Gasteiger partial charge in [0, 0.05) is 29.9 Å². The summed E-state index contributed by atoms with van der Waals surface area (Å²) < 4.78 is 0. The van der Waals surface area contributed by atoms with E-state index in [4.69, 9.17) is 10.4 Å². The molecule has 4 heteroatoms. The lowest BCUT2D eigenvalue weighted by Crippen LogP contribution is -2.18. The molecule has 146 valence electrons. The maximum atomic E-state index is 7.86. The molecule has 0 radical (unpaired) electrons. The van der Waals surface area contributed by atoms with E-state index >= 15 is 0 Å². The Bertz CT molecular complexity index is 828. The van der Waals surface area contributed by atoms with Crippen molar-refractivity contribution >= 4 is 18.1 Å². The van der Waals surface area contributed by atoms with Gasteiger partial charge in [0.05, 0.1) is 5.69 Å². The van der Waals surface area contributed by atoms with Gasteiger partial charge in [-0.2, -0.15) is 0 Å². The second-order valence-electron chi connectivity index (χ2n) is 8.01. The fourth-order valence-electron chi connectivity index (χ4n) is 4.40. The van der Waals surface area contributed by atoms with Gasteiger partial charge < -0.3 is 10.7 Å². The van der Waals surface area contributed by atoms with Gasteiger partial charge in [0.25, 0.3) is 0 Å². The minimum atomic E-state index is 0.460. The van der Waals surface area contributed by atoms with Crippen LogP contribution in [0.4, 0.5) is 5.82 Å². The molecule has 1 saturated heterocycles. The van der Waals surface area contributed by atoms with E-state index in [-0.39, 0.29) is 0 Å². The lowest BCUT2D eigenvalue weighted by molar-refractivity contribution is 0.331. The fourth-order valence-corrected chi connectivity index (χ4v) is 4.40. The molecule has 1 aromatic heterocycles. The number of hydrogen-bond donors (Lipinski definition) is 2. The molecule has 1 saturated carbocycles. The van der Waals surface area contributed by atoms with E-state index in [1.807, 2.05) is 12.1 Å². The van der Waals surface area contributed by atoms with E-state index in [0.717, 1.165) is 34.7 Å². The Labute approximate surface area is 168 Å². The molecule has 0 spiro atoms. The predicted molar refractivity (Wildman–Crippen MR) is 118 cm³/mol. The summed E-state index contributed by atoms with van der Waals surface area (Å²) in [5.74, 6) is 0.815. The maximum Gasteiger partial charge on any atom is 0.136 e. The fraction of sp³-hybridized carbons (Fsp3) is 0.417. The smallest absolute Gasteiger partial charge is 0.136 e. The van der Waals surface area contributed by atoms with Crippen molar-refractivity contribution in [1.82, 2.24) is 9.88 Å². The number of benzene rings is 1. The first-order chi connectivity index (χ1) is 13.8. The monoisotopic (exact) mass is 374 g/mol. The predicted octanol–water partition coefficient (Wildman–Crippen LogP) is 5.34. The molecule has 2 aromatic rings. The number of aromatic nitrogens is 1. The Balaban J connectivity index is 1.60. The van der Waals surface area contributed by atoms with Gasteiger partial charge in [-0.15, -0.1) is 0 Å². The Hall–Kier alpha value is -2.46. The van der Waals surface area contributed by atoms with Crippen LogP contribution >= 0.6 is 0 Å². The summed E-state index contributed by atoms with van der Waals surface area (Å²) in [5, 5.41) is 11.4. The van der Waals surface area contributed by atoms with Crippen LogP contribution in [0.3, 0.4) is 0 Å². The number of anilines is 1. The van der Waals surface area contributed by atoms with Crippen molar-refractivity contribution < 1.29 is 0 Å². The third kappa shape index (κ3) is 4.17. The average molecular weight is 375 g/mol. The molecule has 0 amide bonds. The number of nitrogens with zero attached hydrogens (tertiary/aromatic N) is 2. The Morgan fingerprint density at radius 2 is 1.82 bits per heavy atom. The number of pyridine rings is 1. The van der Waals surface area contributed by atoms with Crippen LogP contribution in [0.5, 0.6) is 0 Å². The molecular formula is C24H30N4. The average Bonchev–Trinajstić information content (AvgIpc) is 3.42. The van der Waals surface area contributed by atoms with Crippen molar-refractivity contribution in [3.8, 4) is 11.3 Å². The highest BCUT2D eigenvalue weighted by atomic mass is 15.1. The second-order valence-corrected chi connectivity index (χ2v) is 8.01. The largest absolute Gasteiger partial charge is 0.367 e. The molecule has 4 nitrogen and oxygen atoms in total. The Morgan fingerprint density at radius 1 is 1.11 bits per heavy atom. The molecule has 4 rings (SSSR count). The van der Waals surface area contributed by atoms with E-state index in [1.54, 1.807) is 0 Å². The zero-order valence-electron chi connectivity index (χ0n) is 16.6. The molecule has 2 heterocycles. The van der Waals surface area contributed by atoms with E-state index in [2.05, 4.69) is 41.1 Å². The van der Waals surface area contributed by atoms with Gasteiger partial charge in [-0.05, 0) is 56.0 Å². The molecule has 0 bridgehead atoms. The van der Waals surface area contributed by atoms with Crippen LogP contribution in [-0.2, 0) is 6.54 Å². The molecule has 1 aromatic carbocycles. The lowest BCUT2D eigenvalue weighted by Gasteiger charge is -2.18. The van der Waals surface area contributed by atoms with Crippen LogP contribution in [0.25, 0.3) is 17.3 Å². The van der Waals surface area contributed by atoms with Crippen LogP contribution < -0.4 is 5.32 Å². The Kier molecular flexibility index (Phi) is 5.87. The van der Waals surface area contributed by atoms with Crippen molar-refractivity contribution in [1.29, 1.82) is 5.41 Å². The number of nitrogens with one attached hydrogen (secondary N) is 2. The van der Waals surface area contributed by atoms with Crippen molar-refractivity contribution in [2.24, 2.45) is 0 Å². The van der Waals surface area contributed by atoms with E-state index < -0.39 is 0 Å². The number of rotatable bonds is 7. The molecular weight excluding hydrogens is 344 g/mol. The highest BCUT2D eigenvalue weighted by molar-refractivity contribution is 5.91. The Morgan fingerprint density at radius 3 is 2.46 bits per heavy atom. The minimum Gasteiger partial charge on any atom is -0.367 e. The molecule has 28 heavy (non-hydrogen) atoms. The van der Waals surface area contributed by atoms with Crippen molar-refractivity contribution in [2.75, 3.05) is 18.4 Å². The third-order valence-electron chi connectivity index (χ3n) is 6.01. The van der Waals surface area contributed by atoms with Crippen LogP contribution in [0, 0.1) is 5.41 Å². The minimum absolute atomic E-state index is 0.460. The third-order valence-corrected chi connectivity index (χ3v) is 6.01. The van der Waals surface area contributed by atoms with Crippen LogP contribution in [0.2, 0.25) is 0 Å². The summed E-state index contributed by atoms with van der Waals surface area (Å²) in [6, 6.07) is 11.3. The molecule has 0 atom stereocenters. The van der Waals surface area contributed by atoms with Gasteiger partial charge in [0.2, 0.25) is 0 Å².